The molecule has 41 heavy (non-hydrogen) atoms. The molecule has 1 atom stereocenters. The lowest BCUT2D eigenvalue weighted by molar-refractivity contribution is -0.140. The third kappa shape index (κ3) is 7.71. The molecule has 0 radical (unpaired) electrons. The van der Waals surface area contributed by atoms with E-state index in [2.05, 4.69) is 5.32 Å². The first-order valence-electron chi connectivity index (χ1n) is 13.2. The third-order valence-corrected chi connectivity index (χ3v) is 8.54. The van der Waals surface area contributed by atoms with Crippen molar-refractivity contribution in [3.05, 3.63) is 83.4 Å². The van der Waals surface area contributed by atoms with Crippen molar-refractivity contribution in [1.29, 1.82) is 0 Å². The molecule has 0 saturated carbocycles. The average Bonchev–Trinajstić information content (AvgIpc) is 2.96. The summed E-state index contributed by atoms with van der Waals surface area (Å²) in [6.07, 6.45) is 0.300. The number of anilines is 1. The summed E-state index contributed by atoms with van der Waals surface area (Å²) in [4.78, 5) is 28.7. The number of amides is 2. The fourth-order valence-electron chi connectivity index (χ4n) is 4.33. The van der Waals surface area contributed by atoms with Crippen molar-refractivity contribution in [1.82, 2.24) is 10.2 Å². The van der Waals surface area contributed by atoms with Gasteiger partial charge in [0.2, 0.25) is 11.8 Å². The van der Waals surface area contributed by atoms with E-state index in [4.69, 9.17) is 21.1 Å². The molecular formula is C30H36ClN3O6S. The minimum Gasteiger partial charge on any atom is -0.497 e. The number of hydrogen-bond acceptors (Lipinski definition) is 6. The SMILES string of the molecule is CC[C@H](C(=O)NC(C)C)N(Cc1ccccc1Cl)C(=O)CN(c1ccccc1OC)S(=O)(=O)c1ccc(OC)cc1. The number of hydrogen-bond donors (Lipinski definition) is 1. The second-order valence-electron chi connectivity index (χ2n) is 9.56. The monoisotopic (exact) mass is 601 g/mol. The Morgan fingerprint density at radius 2 is 1.56 bits per heavy atom. The Labute approximate surface area is 247 Å². The Kier molecular flexibility index (Phi) is 11.0. The van der Waals surface area contributed by atoms with E-state index in [1.165, 1.54) is 43.4 Å². The van der Waals surface area contributed by atoms with Crippen LogP contribution in [0.1, 0.15) is 32.8 Å². The number of methoxy groups -OCH3 is 2. The Hall–Kier alpha value is -3.76. The Bertz CT molecular complexity index is 1450. The van der Waals surface area contributed by atoms with Gasteiger partial charge in [-0.1, -0.05) is 48.9 Å². The number of para-hydroxylation sites is 2. The lowest BCUT2D eigenvalue weighted by atomic mass is 10.1. The van der Waals surface area contributed by atoms with E-state index >= 15 is 0 Å². The molecule has 0 bridgehead atoms. The highest BCUT2D eigenvalue weighted by Crippen LogP contribution is 2.33. The van der Waals surface area contributed by atoms with Gasteiger partial charge < -0.3 is 19.7 Å². The Morgan fingerprint density at radius 3 is 2.15 bits per heavy atom. The van der Waals surface area contributed by atoms with Gasteiger partial charge in [0, 0.05) is 17.6 Å². The normalized spacial score (nSPS) is 12.0. The average molecular weight is 602 g/mol. The summed E-state index contributed by atoms with van der Waals surface area (Å²) in [6, 6.07) is 18.4. The summed E-state index contributed by atoms with van der Waals surface area (Å²) < 4.78 is 39.7. The fraction of sp³-hybridized carbons (Fsp3) is 0.333. The lowest BCUT2D eigenvalue weighted by Gasteiger charge is -2.34. The zero-order valence-corrected chi connectivity index (χ0v) is 25.4. The van der Waals surface area contributed by atoms with E-state index in [-0.39, 0.29) is 34.8 Å². The smallest absolute Gasteiger partial charge is 0.264 e. The van der Waals surface area contributed by atoms with Crippen molar-refractivity contribution in [3.8, 4) is 11.5 Å². The second-order valence-corrected chi connectivity index (χ2v) is 11.8. The molecule has 0 saturated heterocycles. The van der Waals surface area contributed by atoms with Gasteiger partial charge in [-0.3, -0.25) is 13.9 Å². The van der Waals surface area contributed by atoms with Crippen LogP contribution in [0.2, 0.25) is 5.02 Å². The van der Waals surface area contributed by atoms with E-state index in [1.807, 2.05) is 13.8 Å². The number of rotatable bonds is 13. The molecule has 11 heteroatoms. The number of benzene rings is 3. The van der Waals surface area contributed by atoms with Gasteiger partial charge in [0.05, 0.1) is 24.8 Å². The predicted molar refractivity (Wildman–Crippen MR) is 160 cm³/mol. The first-order chi connectivity index (χ1) is 19.5. The highest BCUT2D eigenvalue weighted by molar-refractivity contribution is 7.92. The first kappa shape index (κ1) is 31.8. The zero-order valence-electron chi connectivity index (χ0n) is 23.8. The van der Waals surface area contributed by atoms with Gasteiger partial charge in [0.15, 0.2) is 0 Å². The molecule has 0 unspecified atom stereocenters. The van der Waals surface area contributed by atoms with Crippen LogP contribution in [0.3, 0.4) is 0 Å². The van der Waals surface area contributed by atoms with Crippen LogP contribution in [0.5, 0.6) is 11.5 Å². The largest absolute Gasteiger partial charge is 0.497 e. The molecule has 3 aromatic rings. The number of nitrogens with zero attached hydrogens (tertiary/aromatic N) is 2. The van der Waals surface area contributed by atoms with Crippen molar-refractivity contribution >= 4 is 39.1 Å². The molecule has 9 nitrogen and oxygen atoms in total. The van der Waals surface area contributed by atoms with Gasteiger partial charge >= 0.3 is 0 Å². The maximum Gasteiger partial charge on any atom is 0.264 e. The summed E-state index contributed by atoms with van der Waals surface area (Å²) in [7, 11) is -1.36. The number of ether oxygens (including phenoxy) is 2. The van der Waals surface area contributed by atoms with Gasteiger partial charge in [-0.15, -0.1) is 0 Å². The van der Waals surface area contributed by atoms with Crippen molar-refractivity contribution in [2.24, 2.45) is 0 Å². The van der Waals surface area contributed by atoms with E-state index in [1.54, 1.807) is 55.5 Å². The van der Waals surface area contributed by atoms with Crippen LogP contribution in [-0.4, -0.2) is 58.0 Å². The summed E-state index contributed by atoms with van der Waals surface area (Å²) in [5.74, 6) is -0.181. The molecule has 2 amide bonds. The van der Waals surface area contributed by atoms with Crippen molar-refractivity contribution < 1.29 is 27.5 Å². The number of nitrogens with one attached hydrogen (secondary N) is 1. The summed E-state index contributed by atoms with van der Waals surface area (Å²) in [5.41, 5.74) is 0.803. The van der Waals surface area contributed by atoms with Crippen molar-refractivity contribution in [2.75, 3.05) is 25.1 Å². The van der Waals surface area contributed by atoms with Gasteiger partial charge in [-0.25, -0.2) is 8.42 Å². The van der Waals surface area contributed by atoms with Crippen LogP contribution < -0.4 is 19.1 Å². The molecule has 0 aliphatic rings. The molecule has 220 valence electrons. The quantitative estimate of drug-likeness (QED) is 0.299. The highest BCUT2D eigenvalue weighted by atomic mass is 35.5. The van der Waals surface area contributed by atoms with Crippen LogP contribution in [0, 0.1) is 0 Å². The number of carbonyl (C=O) groups excluding carboxylic acids is 2. The van der Waals surface area contributed by atoms with E-state index < -0.39 is 28.5 Å². The molecule has 0 spiro atoms. The third-order valence-electron chi connectivity index (χ3n) is 6.40. The van der Waals surface area contributed by atoms with Crippen LogP contribution in [0.4, 0.5) is 5.69 Å². The molecule has 0 aliphatic heterocycles. The second kappa shape index (κ2) is 14.2. The predicted octanol–water partition coefficient (Wildman–Crippen LogP) is 4.88. The molecule has 1 N–H and O–H groups in total. The highest BCUT2D eigenvalue weighted by Gasteiger charge is 2.35. The van der Waals surface area contributed by atoms with Crippen LogP contribution in [0.25, 0.3) is 0 Å². The Morgan fingerprint density at radius 1 is 0.927 bits per heavy atom. The molecule has 0 heterocycles. The maximum absolute atomic E-state index is 14.1. The summed E-state index contributed by atoms with van der Waals surface area (Å²) >= 11 is 6.43. The van der Waals surface area contributed by atoms with E-state index in [0.29, 0.717) is 22.8 Å². The molecule has 0 aromatic heterocycles. The zero-order chi connectivity index (χ0) is 30.2. The van der Waals surface area contributed by atoms with E-state index in [9.17, 15) is 18.0 Å². The van der Waals surface area contributed by atoms with E-state index in [0.717, 1.165) is 4.31 Å². The molecular weight excluding hydrogens is 566 g/mol. The van der Waals surface area contributed by atoms with Gasteiger partial charge in [0.1, 0.15) is 24.1 Å². The number of sulfonamides is 1. The Balaban J connectivity index is 2.11. The van der Waals surface area contributed by atoms with Crippen molar-refractivity contribution in [2.45, 2.75) is 50.7 Å². The van der Waals surface area contributed by atoms with Gasteiger partial charge in [-0.05, 0) is 68.3 Å². The molecule has 0 aliphatic carbocycles. The standard InChI is InChI=1S/C30H36ClN3O6S/c1-6-26(30(36)32-21(2)3)33(19-22-11-7-8-12-25(22)31)29(35)20-34(27-13-9-10-14-28(27)40-5)41(37,38)24-17-15-23(39-4)16-18-24/h7-18,21,26H,6,19-20H2,1-5H3,(H,32,36)/t26-/m1/s1. The molecule has 3 aromatic carbocycles. The maximum atomic E-state index is 14.1. The number of carbonyl (C=O) groups is 2. The lowest BCUT2D eigenvalue weighted by Crippen LogP contribution is -2.53. The molecule has 0 fully saturated rings. The molecule has 3 rings (SSSR count). The summed E-state index contributed by atoms with van der Waals surface area (Å²) in [6.45, 7) is 4.87. The van der Waals surface area contributed by atoms with Gasteiger partial charge in [0.25, 0.3) is 10.0 Å². The summed E-state index contributed by atoms with van der Waals surface area (Å²) in [5, 5.41) is 3.30. The topological polar surface area (TPSA) is 105 Å². The first-order valence-corrected chi connectivity index (χ1v) is 15.0. The fourth-order valence-corrected chi connectivity index (χ4v) is 5.95. The van der Waals surface area contributed by atoms with Crippen LogP contribution >= 0.6 is 11.6 Å². The van der Waals surface area contributed by atoms with Crippen LogP contribution in [-0.2, 0) is 26.2 Å². The van der Waals surface area contributed by atoms with Gasteiger partial charge in [-0.2, -0.15) is 0 Å². The minimum atomic E-state index is -4.27. The van der Waals surface area contributed by atoms with Crippen LogP contribution in [0.15, 0.2) is 77.7 Å². The minimum absolute atomic E-state index is 0.00484. The van der Waals surface area contributed by atoms with Crippen molar-refractivity contribution in [3.63, 3.8) is 0 Å². The number of halogens is 1.